The van der Waals surface area contributed by atoms with Gasteiger partial charge in [0.15, 0.2) is 0 Å². The van der Waals surface area contributed by atoms with E-state index in [1.807, 2.05) is 0 Å². The highest BCUT2D eigenvalue weighted by Gasteiger charge is 2.21. The van der Waals surface area contributed by atoms with Gasteiger partial charge < -0.3 is 15.8 Å². The lowest BCUT2D eigenvalue weighted by Crippen LogP contribution is -2.43. The molecule has 1 rings (SSSR count). The number of hydrogen-bond acceptors (Lipinski definition) is 3. The van der Waals surface area contributed by atoms with Crippen LogP contribution in [0.15, 0.2) is 0 Å². The van der Waals surface area contributed by atoms with E-state index in [1.165, 1.54) is 12.8 Å². The Hall–Kier alpha value is -0.120. The third kappa shape index (κ3) is 6.46. The number of hydrogen-bond donors (Lipinski definition) is 2. The third-order valence-electron chi connectivity index (χ3n) is 3.17. The van der Waals surface area contributed by atoms with Crippen molar-refractivity contribution in [2.24, 2.45) is 17.1 Å². The lowest BCUT2D eigenvalue weighted by Gasteiger charge is -2.27. The van der Waals surface area contributed by atoms with Gasteiger partial charge in [-0.3, -0.25) is 0 Å². The molecule has 0 bridgehead atoms. The van der Waals surface area contributed by atoms with E-state index >= 15 is 0 Å². The summed E-state index contributed by atoms with van der Waals surface area (Å²) in [6, 6.07) is 0.222. The van der Waals surface area contributed by atoms with Crippen LogP contribution in [0.4, 0.5) is 0 Å². The standard InChI is InChI=1S/C13H28N2O/c1-13(2,3)12(14)9-15-7-4-8-16-10-11-5-6-11/h11-12,15H,4-10,14H2,1-3H3. The molecule has 1 aliphatic carbocycles. The molecule has 0 aliphatic heterocycles. The Morgan fingerprint density at radius 1 is 1.38 bits per heavy atom. The van der Waals surface area contributed by atoms with E-state index in [0.29, 0.717) is 0 Å². The minimum absolute atomic E-state index is 0.190. The first-order valence-corrected chi connectivity index (χ1v) is 6.54. The SMILES string of the molecule is CC(C)(C)C(N)CNCCCOCC1CC1. The largest absolute Gasteiger partial charge is 0.381 e. The summed E-state index contributed by atoms with van der Waals surface area (Å²) < 4.78 is 5.56. The lowest BCUT2D eigenvalue weighted by molar-refractivity contribution is 0.122. The predicted molar refractivity (Wildman–Crippen MR) is 68.5 cm³/mol. The van der Waals surface area contributed by atoms with Gasteiger partial charge in [-0.05, 0) is 37.1 Å². The predicted octanol–water partition coefficient (Wildman–Crippen LogP) is 1.77. The minimum atomic E-state index is 0.190. The summed E-state index contributed by atoms with van der Waals surface area (Å²) in [7, 11) is 0. The van der Waals surface area contributed by atoms with Crippen molar-refractivity contribution in [3.63, 3.8) is 0 Å². The van der Waals surface area contributed by atoms with Crippen molar-refractivity contribution in [1.29, 1.82) is 0 Å². The Bertz CT molecular complexity index is 185. The number of rotatable bonds is 8. The van der Waals surface area contributed by atoms with Gasteiger partial charge in [0.1, 0.15) is 0 Å². The Morgan fingerprint density at radius 3 is 2.62 bits per heavy atom. The Balaban J connectivity index is 1.83. The molecule has 0 saturated heterocycles. The van der Waals surface area contributed by atoms with Gasteiger partial charge in [0.2, 0.25) is 0 Å². The maximum absolute atomic E-state index is 6.05. The normalized spacial score (nSPS) is 18.8. The third-order valence-corrected chi connectivity index (χ3v) is 3.17. The molecule has 0 aromatic carbocycles. The second-order valence-electron chi connectivity index (χ2n) is 6.05. The van der Waals surface area contributed by atoms with Crippen LogP contribution in [0.5, 0.6) is 0 Å². The molecule has 1 unspecified atom stereocenters. The van der Waals surface area contributed by atoms with Crippen molar-refractivity contribution in [1.82, 2.24) is 5.32 Å². The molecule has 3 N–H and O–H groups in total. The summed E-state index contributed by atoms with van der Waals surface area (Å²) in [4.78, 5) is 0. The van der Waals surface area contributed by atoms with E-state index in [4.69, 9.17) is 10.5 Å². The Labute approximate surface area is 100 Å². The molecule has 0 amide bonds. The van der Waals surface area contributed by atoms with Gasteiger partial charge >= 0.3 is 0 Å². The highest BCUT2D eigenvalue weighted by atomic mass is 16.5. The fraction of sp³-hybridized carbons (Fsp3) is 1.00. The van der Waals surface area contributed by atoms with Crippen LogP contribution < -0.4 is 11.1 Å². The van der Waals surface area contributed by atoms with Gasteiger partial charge in [-0.2, -0.15) is 0 Å². The number of ether oxygens (including phenoxy) is 1. The molecule has 1 atom stereocenters. The molecule has 0 radical (unpaired) electrons. The first-order chi connectivity index (χ1) is 7.50. The van der Waals surface area contributed by atoms with Crippen LogP contribution in [0.25, 0.3) is 0 Å². The molecular weight excluding hydrogens is 200 g/mol. The van der Waals surface area contributed by atoms with Crippen LogP contribution in [-0.4, -0.2) is 32.3 Å². The summed E-state index contributed by atoms with van der Waals surface area (Å²) >= 11 is 0. The van der Waals surface area contributed by atoms with Gasteiger partial charge in [-0.15, -0.1) is 0 Å². The zero-order valence-corrected chi connectivity index (χ0v) is 11.1. The average molecular weight is 228 g/mol. The fourth-order valence-electron chi connectivity index (χ4n) is 1.40. The fourth-order valence-corrected chi connectivity index (χ4v) is 1.40. The van der Waals surface area contributed by atoms with E-state index in [1.54, 1.807) is 0 Å². The summed E-state index contributed by atoms with van der Waals surface area (Å²) in [6.45, 7) is 10.3. The van der Waals surface area contributed by atoms with E-state index in [9.17, 15) is 0 Å². The van der Waals surface area contributed by atoms with Crippen LogP contribution in [-0.2, 0) is 4.74 Å². The molecule has 1 aliphatic rings. The van der Waals surface area contributed by atoms with Crippen molar-refractivity contribution in [2.45, 2.75) is 46.1 Å². The Morgan fingerprint density at radius 2 is 2.06 bits per heavy atom. The number of nitrogens with two attached hydrogens (primary N) is 1. The zero-order chi connectivity index (χ0) is 12.0. The van der Waals surface area contributed by atoms with Crippen LogP contribution in [0.1, 0.15) is 40.0 Å². The highest BCUT2D eigenvalue weighted by molar-refractivity contribution is 4.78. The van der Waals surface area contributed by atoms with Crippen molar-refractivity contribution in [3.8, 4) is 0 Å². The molecule has 0 aromatic rings. The second-order valence-corrected chi connectivity index (χ2v) is 6.05. The van der Waals surface area contributed by atoms with Gasteiger partial charge in [-0.1, -0.05) is 20.8 Å². The van der Waals surface area contributed by atoms with E-state index in [-0.39, 0.29) is 11.5 Å². The van der Waals surface area contributed by atoms with E-state index in [2.05, 4.69) is 26.1 Å². The van der Waals surface area contributed by atoms with Crippen molar-refractivity contribution in [2.75, 3.05) is 26.3 Å². The van der Waals surface area contributed by atoms with E-state index < -0.39 is 0 Å². The van der Waals surface area contributed by atoms with Crippen LogP contribution in [0, 0.1) is 11.3 Å². The zero-order valence-electron chi connectivity index (χ0n) is 11.1. The summed E-state index contributed by atoms with van der Waals surface area (Å²) in [5.41, 5.74) is 6.24. The first kappa shape index (κ1) is 13.9. The summed E-state index contributed by atoms with van der Waals surface area (Å²) in [6.07, 6.45) is 3.83. The second kappa shape index (κ2) is 6.58. The molecule has 96 valence electrons. The monoisotopic (exact) mass is 228 g/mol. The maximum atomic E-state index is 6.05. The van der Waals surface area contributed by atoms with Gasteiger partial charge in [0, 0.05) is 25.8 Å². The van der Waals surface area contributed by atoms with Crippen LogP contribution in [0.3, 0.4) is 0 Å². The molecule has 16 heavy (non-hydrogen) atoms. The van der Waals surface area contributed by atoms with Gasteiger partial charge in [-0.25, -0.2) is 0 Å². The van der Waals surface area contributed by atoms with Crippen LogP contribution in [0.2, 0.25) is 0 Å². The minimum Gasteiger partial charge on any atom is -0.381 e. The van der Waals surface area contributed by atoms with Crippen molar-refractivity contribution < 1.29 is 4.74 Å². The molecule has 3 nitrogen and oxygen atoms in total. The molecule has 0 spiro atoms. The molecule has 1 saturated carbocycles. The first-order valence-electron chi connectivity index (χ1n) is 6.54. The molecule has 3 heteroatoms. The summed E-state index contributed by atoms with van der Waals surface area (Å²) in [5.74, 6) is 0.877. The maximum Gasteiger partial charge on any atom is 0.0494 e. The van der Waals surface area contributed by atoms with E-state index in [0.717, 1.165) is 38.6 Å². The lowest BCUT2D eigenvalue weighted by atomic mass is 9.87. The highest BCUT2D eigenvalue weighted by Crippen LogP contribution is 2.28. The van der Waals surface area contributed by atoms with Crippen molar-refractivity contribution in [3.05, 3.63) is 0 Å². The summed E-state index contributed by atoms with van der Waals surface area (Å²) in [5, 5.41) is 3.39. The Kier molecular flexibility index (Phi) is 5.73. The molecule has 0 heterocycles. The molecule has 1 fully saturated rings. The number of nitrogens with one attached hydrogen (secondary N) is 1. The van der Waals surface area contributed by atoms with Crippen molar-refractivity contribution >= 4 is 0 Å². The molecular formula is C13H28N2O. The van der Waals surface area contributed by atoms with Crippen LogP contribution >= 0.6 is 0 Å². The quantitative estimate of drug-likeness (QED) is 0.622. The topological polar surface area (TPSA) is 47.3 Å². The van der Waals surface area contributed by atoms with Gasteiger partial charge in [0.25, 0.3) is 0 Å². The molecule has 0 aromatic heterocycles. The average Bonchev–Trinajstić information content (AvgIpc) is 2.98. The smallest absolute Gasteiger partial charge is 0.0494 e. The van der Waals surface area contributed by atoms with Gasteiger partial charge in [0.05, 0.1) is 0 Å².